The van der Waals surface area contributed by atoms with E-state index in [1.54, 1.807) is 0 Å². The standard InChI is InChI=1S/C13H18OS/c1-9(2)12(8-15)13(14)11-6-4-10(3)5-7-11/h4-7,9,12,15H,8H2,1-3H3. The molecule has 0 saturated carbocycles. The van der Waals surface area contributed by atoms with Crippen LogP contribution in [-0.4, -0.2) is 11.5 Å². The van der Waals surface area contributed by atoms with E-state index in [1.165, 1.54) is 5.56 Å². The van der Waals surface area contributed by atoms with Crippen LogP contribution in [0.4, 0.5) is 0 Å². The minimum absolute atomic E-state index is 0.0241. The number of carbonyl (C=O) groups is 1. The van der Waals surface area contributed by atoms with Crippen molar-refractivity contribution in [3.63, 3.8) is 0 Å². The molecule has 82 valence electrons. The zero-order valence-corrected chi connectivity index (χ0v) is 10.4. The number of Topliss-reactive ketones (excluding diaryl/α,β-unsaturated/α-hetero) is 1. The van der Waals surface area contributed by atoms with Crippen LogP contribution in [0.25, 0.3) is 0 Å². The van der Waals surface area contributed by atoms with Crippen molar-refractivity contribution >= 4 is 18.4 Å². The molecular formula is C13H18OS. The zero-order valence-electron chi connectivity index (χ0n) is 9.53. The normalized spacial score (nSPS) is 12.9. The number of aryl methyl sites for hydroxylation is 1. The predicted octanol–water partition coefficient (Wildman–Crippen LogP) is 3.38. The number of hydrogen-bond donors (Lipinski definition) is 1. The van der Waals surface area contributed by atoms with Crippen LogP contribution in [0.2, 0.25) is 0 Å². The van der Waals surface area contributed by atoms with Crippen molar-refractivity contribution in [3.8, 4) is 0 Å². The van der Waals surface area contributed by atoms with Crippen LogP contribution in [0.1, 0.15) is 29.8 Å². The third-order valence-corrected chi connectivity index (χ3v) is 3.07. The largest absolute Gasteiger partial charge is 0.294 e. The number of hydrogen-bond acceptors (Lipinski definition) is 2. The van der Waals surface area contributed by atoms with E-state index >= 15 is 0 Å². The minimum atomic E-state index is 0.0241. The van der Waals surface area contributed by atoms with Gasteiger partial charge in [-0.3, -0.25) is 4.79 Å². The van der Waals surface area contributed by atoms with Gasteiger partial charge in [-0.2, -0.15) is 12.6 Å². The lowest BCUT2D eigenvalue weighted by atomic mass is 9.89. The fraction of sp³-hybridized carbons (Fsp3) is 0.462. The molecule has 0 amide bonds. The lowest BCUT2D eigenvalue weighted by molar-refractivity contribution is 0.0903. The van der Waals surface area contributed by atoms with E-state index in [2.05, 4.69) is 26.5 Å². The van der Waals surface area contributed by atoms with Gasteiger partial charge < -0.3 is 0 Å². The van der Waals surface area contributed by atoms with Crippen LogP contribution in [-0.2, 0) is 0 Å². The predicted molar refractivity (Wildman–Crippen MR) is 67.7 cm³/mol. The first-order valence-electron chi connectivity index (χ1n) is 5.28. The molecule has 0 bridgehead atoms. The molecule has 1 aromatic carbocycles. The molecule has 0 radical (unpaired) electrons. The molecule has 0 fully saturated rings. The Morgan fingerprint density at radius 1 is 1.27 bits per heavy atom. The monoisotopic (exact) mass is 222 g/mol. The molecule has 1 aromatic rings. The second-order valence-electron chi connectivity index (χ2n) is 4.26. The molecule has 0 heterocycles. The average Bonchev–Trinajstić information content (AvgIpc) is 2.19. The average molecular weight is 222 g/mol. The lowest BCUT2D eigenvalue weighted by Gasteiger charge is -2.17. The first-order chi connectivity index (χ1) is 7.06. The Bertz CT molecular complexity index is 327. The van der Waals surface area contributed by atoms with Crippen LogP contribution >= 0.6 is 12.6 Å². The summed E-state index contributed by atoms with van der Waals surface area (Å²) in [7, 11) is 0. The van der Waals surface area contributed by atoms with Crippen molar-refractivity contribution < 1.29 is 4.79 Å². The zero-order chi connectivity index (χ0) is 11.4. The molecule has 1 unspecified atom stereocenters. The molecule has 0 aromatic heterocycles. The van der Waals surface area contributed by atoms with E-state index < -0.39 is 0 Å². The van der Waals surface area contributed by atoms with Crippen LogP contribution in [0.3, 0.4) is 0 Å². The first kappa shape index (κ1) is 12.3. The fourth-order valence-corrected chi connectivity index (χ4v) is 2.12. The summed E-state index contributed by atoms with van der Waals surface area (Å²) in [6.45, 7) is 6.15. The van der Waals surface area contributed by atoms with E-state index in [9.17, 15) is 4.79 Å². The molecule has 0 N–H and O–H groups in total. The lowest BCUT2D eigenvalue weighted by Crippen LogP contribution is -2.22. The molecule has 0 saturated heterocycles. The van der Waals surface area contributed by atoms with E-state index in [1.807, 2.05) is 31.2 Å². The molecule has 1 nitrogen and oxygen atoms in total. The first-order valence-corrected chi connectivity index (χ1v) is 5.91. The van der Waals surface area contributed by atoms with Crippen LogP contribution in [0.5, 0.6) is 0 Å². The van der Waals surface area contributed by atoms with E-state index in [0.717, 1.165) is 5.56 Å². The van der Waals surface area contributed by atoms with Gasteiger partial charge in [-0.1, -0.05) is 43.7 Å². The number of rotatable bonds is 4. The van der Waals surface area contributed by atoms with E-state index in [0.29, 0.717) is 11.7 Å². The highest BCUT2D eigenvalue weighted by Crippen LogP contribution is 2.19. The molecule has 0 spiro atoms. The second kappa shape index (κ2) is 5.36. The van der Waals surface area contributed by atoms with Crippen molar-refractivity contribution in [2.45, 2.75) is 20.8 Å². The summed E-state index contributed by atoms with van der Waals surface area (Å²) in [5.41, 5.74) is 1.98. The van der Waals surface area contributed by atoms with Gasteiger partial charge in [-0.15, -0.1) is 0 Å². The Balaban J connectivity index is 2.88. The Morgan fingerprint density at radius 3 is 2.20 bits per heavy atom. The van der Waals surface area contributed by atoms with Crippen LogP contribution < -0.4 is 0 Å². The van der Waals surface area contributed by atoms with Gasteiger partial charge in [0.2, 0.25) is 0 Å². The van der Waals surface area contributed by atoms with Crippen molar-refractivity contribution in [2.75, 3.05) is 5.75 Å². The molecule has 0 aliphatic heterocycles. The number of ketones is 1. The summed E-state index contributed by atoms with van der Waals surface area (Å²) in [6.07, 6.45) is 0. The molecule has 1 atom stereocenters. The van der Waals surface area contributed by atoms with Gasteiger partial charge in [0.1, 0.15) is 0 Å². The Kier molecular flexibility index (Phi) is 4.40. The van der Waals surface area contributed by atoms with Gasteiger partial charge in [-0.25, -0.2) is 0 Å². The molecular weight excluding hydrogens is 204 g/mol. The highest BCUT2D eigenvalue weighted by molar-refractivity contribution is 7.80. The Hall–Kier alpha value is -0.760. The van der Waals surface area contributed by atoms with E-state index in [4.69, 9.17) is 0 Å². The maximum Gasteiger partial charge on any atom is 0.167 e. The van der Waals surface area contributed by atoms with Gasteiger partial charge in [0.05, 0.1) is 0 Å². The van der Waals surface area contributed by atoms with Gasteiger partial charge in [0, 0.05) is 17.2 Å². The Morgan fingerprint density at radius 2 is 1.80 bits per heavy atom. The smallest absolute Gasteiger partial charge is 0.167 e. The van der Waals surface area contributed by atoms with Gasteiger partial charge in [0.25, 0.3) is 0 Å². The number of benzene rings is 1. The summed E-state index contributed by atoms with van der Waals surface area (Å²) in [5.74, 6) is 1.19. The third-order valence-electron chi connectivity index (χ3n) is 2.67. The molecule has 0 aliphatic carbocycles. The molecule has 2 heteroatoms. The summed E-state index contributed by atoms with van der Waals surface area (Å²) in [4.78, 5) is 12.1. The molecule has 0 aliphatic rings. The highest BCUT2D eigenvalue weighted by atomic mass is 32.1. The summed E-state index contributed by atoms with van der Waals surface area (Å²) < 4.78 is 0. The van der Waals surface area contributed by atoms with Crippen molar-refractivity contribution in [1.29, 1.82) is 0 Å². The maximum absolute atomic E-state index is 12.1. The highest BCUT2D eigenvalue weighted by Gasteiger charge is 2.21. The summed E-state index contributed by atoms with van der Waals surface area (Å²) >= 11 is 4.24. The number of thiol groups is 1. The molecule has 15 heavy (non-hydrogen) atoms. The van der Waals surface area contributed by atoms with Gasteiger partial charge in [0.15, 0.2) is 5.78 Å². The van der Waals surface area contributed by atoms with Crippen molar-refractivity contribution in [3.05, 3.63) is 35.4 Å². The number of carbonyl (C=O) groups excluding carboxylic acids is 1. The maximum atomic E-state index is 12.1. The van der Waals surface area contributed by atoms with Crippen LogP contribution in [0, 0.1) is 18.8 Å². The second-order valence-corrected chi connectivity index (χ2v) is 4.63. The summed E-state index contributed by atoms with van der Waals surface area (Å²) in [6, 6.07) is 7.75. The SMILES string of the molecule is Cc1ccc(C(=O)C(CS)C(C)C)cc1. The van der Waals surface area contributed by atoms with Gasteiger partial charge >= 0.3 is 0 Å². The van der Waals surface area contributed by atoms with E-state index in [-0.39, 0.29) is 11.7 Å². The Labute approximate surface area is 97.3 Å². The fourth-order valence-electron chi connectivity index (χ4n) is 1.53. The third kappa shape index (κ3) is 3.10. The van der Waals surface area contributed by atoms with Crippen molar-refractivity contribution in [2.24, 2.45) is 11.8 Å². The van der Waals surface area contributed by atoms with Crippen LogP contribution in [0.15, 0.2) is 24.3 Å². The quantitative estimate of drug-likeness (QED) is 0.610. The van der Waals surface area contributed by atoms with Gasteiger partial charge in [-0.05, 0) is 12.8 Å². The van der Waals surface area contributed by atoms with Crippen molar-refractivity contribution in [1.82, 2.24) is 0 Å². The summed E-state index contributed by atoms with van der Waals surface area (Å²) in [5, 5.41) is 0. The topological polar surface area (TPSA) is 17.1 Å². The minimum Gasteiger partial charge on any atom is -0.294 e. The molecule has 1 rings (SSSR count).